The van der Waals surface area contributed by atoms with Crippen LogP contribution in [0.4, 0.5) is 0 Å². The van der Waals surface area contributed by atoms with E-state index in [-0.39, 0.29) is 6.10 Å². The second kappa shape index (κ2) is 6.96. The van der Waals surface area contributed by atoms with E-state index in [0.29, 0.717) is 6.54 Å². The van der Waals surface area contributed by atoms with Crippen molar-refractivity contribution >= 4 is 11.3 Å². The van der Waals surface area contributed by atoms with E-state index in [2.05, 4.69) is 22.3 Å². The van der Waals surface area contributed by atoms with Gasteiger partial charge in [-0.2, -0.15) is 0 Å². The first-order chi connectivity index (χ1) is 7.65. The van der Waals surface area contributed by atoms with Crippen molar-refractivity contribution in [1.29, 1.82) is 0 Å². The summed E-state index contributed by atoms with van der Waals surface area (Å²) in [5, 5.41) is 3.24. The molecule has 0 saturated carbocycles. The average Bonchev–Trinajstić information content (AvgIpc) is 2.65. The monoisotopic (exact) mass is 243 g/mol. The first-order valence-corrected chi connectivity index (χ1v) is 6.36. The topological polar surface area (TPSA) is 51.4 Å². The van der Waals surface area contributed by atoms with E-state index < -0.39 is 0 Å². The van der Waals surface area contributed by atoms with Crippen LogP contribution in [0.1, 0.15) is 17.1 Å². The van der Waals surface area contributed by atoms with Crippen molar-refractivity contribution in [2.45, 2.75) is 26.0 Å². The predicted molar refractivity (Wildman–Crippen MR) is 67.7 cm³/mol. The van der Waals surface area contributed by atoms with Crippen LogP contribution in [-0.2, 0) is 11.3 Å². The summed E-state index contributed by atoms with van der Waals surface area (Å²) < 4.78 is 5.24. The number of nitrogens with two attached hydrogens (primary N) is 1. The van der Waals surface area contributed by atoms with Gasteiger partial charge in [-0.05, 0) is 20.4 Å². The zero-order valence-electron chi connectivity index (χ0n) is 10.3. The summed E-state index contributed by atoms with van der Waals surface area (Å²) in [5.41, 5.74) is 6.72. The molecule has 0 aliphatic heterocycles. The molecule has 0 aliphatic carbocycles. The molecular formula is C11H21N3OS. The fourth-order valence-corrected chi connectivity index (χ4v) is 2.14. The molecule has 1 aromatic rings. The van der Waals surface area contributed by atoms with Crippen LogP contribution in [0.25, 0.3) is 0 Å². The number of ether oxygens (including phenoxy) is 1. The van der Waals surface area contributed by atoms with Gasteiger partial charge < -0.3 is 15.4 Å². The highest BCUT2D eigenvalue weighted by Gasteiger charge is 2.08. The maximum absolute atomic E-state index is 5.57. The van der Waals surface area contributed by atoms with Crippen molar-refractivity contribution in [1.82, 2.24) is 9.88 Å². The summed E-state index contributed by atoms with van der Waals surface area (Å²) in [7, 11) is 3.80. The summed E-state index contributed by atoms with van der Waals surface area (Å²) >= 11 is 1.70. The standard InChI is InChI=1S/C11H21N3OS/c1-9-13-10(8-16-9)7-14(2)5-4-11(6-12)15-3/h8,11H,4-7,12H2,1-3H3. The summed E-state index contributed by atoms with van der Waals surface area (Å²) in [4.78, 5) is 6.69. The van der Waals surface area contributed by atoms with Gasteiger partial charge in [-0.3, -0.25) is 0 Å². The number of methoxy groups -OCH3 is 1. The largest absolute Gasteiger partial charge is 0.380 e. The minimum absolute atomic E-state index is 0.166. The van der Waals surface area contributed by atoms with Crippen LogP contribution < -0.4 is 5.73 Å². The van der Waals surface area contributed by atoms with E-state index in [1.807, 2.05) is 6.92 Å². The third-order valence-corrected chi connectivity index (χ3v) is 3.35. The lowest BCUT2D eigenvalue weighted by Crippen LogP contribution is -2.28. The fourth-order valence-electron chi connectivity index (χ4n) is 1.53. The highest BCUT2D eigenvalue weighted by molar-refractivity contribution is 7.09. The molecule has 0 bridgehead atoms. The van der Waals surface area contributed by atoms with Gasteiger partial charge in [0.1, 0.15) is 0 Å². The van der Waals surface area contributed by atoms with Crippen LogP contribution in [0.15, 0.2) is 5.38 Å². The average molecular weight is 243 g/mol. The maximum atomic E-state index is 5.57. The van der Waals surface area contributed by atoms with Crippen molar-refractivity contribution < 1.29 is 4.74 Å². The molecule has 2 N–H and O–H groups in total. The van der Waals surface area contributed by atoms with E-state index in [1.54, 1.807) is 18.4 Å². The summed E-state index contributed by atoms with van der Waals surface area (Å²) in [6.45, 7) is 4.49. The van der Waals surface area contributed by atoms with E-state index in [9.17, 15) is 0 Å². The maximum Gasteiger partial charge on any atom is 0.0897 e. The molecule has 1 rings (SSSR count). The number of nitrogens with zero attached hydrogens (tertiary/aromatic N) is 2. The molecule has 16 heavy (non-hydrogen) atoms. The Morgan fingerprint density at radius 1 is 1.62 bits per heavy atom. The number of thiazole rings is 1. The van der Waals surface area contributed by atoms with Crippen LogP contribution in [0.3, 0.4) is 0 Å². The molecule has 4 nitrogen and oxygen atoms in total. The number of rotatable bonds is 7. The Morgan fingerprint density at radius 3 is 2.88 bits per heavy atom. The van der Waals surface area contributed by atoms with Crippen LogP contribution in [0.2, 0.25) is 0 Å². The molecule has 1 atom stereocenters. The summed E-state index contributed by atoms with van der Waals surface area (Å²) in [6, 6.07) is 0. The lowest BCUT2D eigenvalue weighted by molar-refractivity contribution is 0.0918. The smallest absolute Gasteiger partial charge is 0.0897 e. The second-order valence-corrected chi connectivity index (χ2v) is 5.04. The van der Waals surface area contributed by atoms with Crippen LogP contribution in [0, 0.1) is 6.92 Å². The first kappa shape index (κ1) is 13.6. The molecular weight excluding hydrogens is 222 g/mol. The Bertz CT molecular complexity index is 299. The van der Waals surface area contributed by atoms with Gasteiger partial charge in [0.2, 0.25) is 0 Å². The molecule has 0 fully saturated rings. The van der Waals surface area contributed by atoms with Crippen molar-refractivity contribution in [3.8, 4) is 0 Å². The third-order valence-electron chi connectivity index (χ3n) is 2.53. The van der Waals surface area contributed by atoms with Gasteiger partial charge in [-0.25, -0.2) is 4.98 Å². The van der Waals surface area contributed by atoms with Gasteiger partial charge in [-0.15, -0.1) is 11.3 Å². The van der Waals surface area contributed by atoms with Gasteiger partial charge in [0, 0.05) is 32.1 Å². The number of aromatic nitrogens is 1. The highest BCUT2D eigenvalue weighted by atomic mass is 32.1. The minimum Gasteiger partial charge on any atom is -0.380 e. The minimum atomic E-state index is 0.166. The van der Waals surface area contributed by atoms with Crippen molar-refractivity contribution in [2.75, 3.05) is 27.2 Å². The Kier molecular flexibility index (Phi) is 5.90. The van der Waals surface area contributed by atoms with E-state index in [0.717, 1.165) is 30.2 Å². The quantitative estimate of drug-likeness (QED) is 0.783. The van der Waals surface area contributed by atoms with Gasteiger partial charge in [-0.1, -0.05) is 0 Å². The molecule has 92 valence electrons. The Labute approximate surface area is 101 Å². The lowest BCUT2D eigenvalue weighted by atomic mass is 10.2. The predicted octanol–water partition coefficient (Wildman–Crippen LogP) is 1.25. The molecule has 0 aliphatic rings. The first-order valence-electron chi connectivity index (χ1n) is 5.48. The molecule has 0 aromatic carbocycles. The second-order valence-electron chi connectivity index (χ2n) is 3.98. The molecule has 5 heteroatoms. The molecule has 1 heterocycles. The number of hydrogen-bond acceptors (Lipinski definition) is 5. The summed E-state index contributed by atoms with van der Waals surface area (Å²) in [6.07, 6.45) is 1.13. The zero-order valence-corrected chi connectivity index (χ0v) is 11.1. The van der Waals surface area contributed by atoms with E-state index >= 15 is 0 Å². The van der Waals surface area contributed by atoms with Gasteiger partial charge in [0.25, 0.3) is 0 Å². The number of hydrogen-bond donors (Lipinski definition) is 1. The molecule has 0 saturated heterocycles. The normalized spacial score (nSPS) is 13.3. The van der Waals surface area contributed by atoms with Crippen molar-refractivity contribution in [2.24, 2.45) is 5.73 Å². The SMILES string of the molecule is COC(CN)CCN(C)Cc1csc(C)n1. The Morgan fingerprint density at radius 2 is 2.38 bits per heavy atom. The molecule has 0 amide bonds. The van der Waals surface area contributed by atoms with Crippen LogP contribution >= 0.6 is 11.3 Å². The number of aryl methyl sites for hydroxylation is 1. The fraction of sp³-hybridized carbons (Fsp3) is 0.727. The molecule has 1 unspecified atom stereocenters. The molecule has 1 aromatic heterocycles. The Hall–Kier alpha value is -0.490. The van der Waals surface area contributed by atoms with Crippen LogP contribution in [0.5, 0.6) is 0 Å². The Balaban J connectivity index is 2.27. The third kappa shape index (κ3) is 4.57. The highest BCUT2D eigenvalue weighted by Crippen LogP contribution is 2.10. The van der Waals surface area contributed by atoms with Crippen molar-refractivity contribution in [3.63, 3.8) is 0 Å². The zero-order chi connectivity index (χ0) is 12.0. The summed E-state index contributed by atoms with van der Waals surface area (Å²) in [5.74, 6) is 0. The molecule has 0 radical (unpaired) electrons. The van der Waals surface area contributed by atoms with E-state index in [4.69, 9.17) is 10.5 Å². The van der Waals surface area contributed by atoms with Gasteiger partial charge in [0.05, 0.1) is 16.8 Å². The lowest BCUT2D eigenvalue weighted by Gasteiger charge is -2.19. The van der Waals surface area contributed by atoms with Crippen LogP contribution in [-0.4, -0.2) is 43.2 Å². The van der Waals surface area contributed by atoms with Gasteiger partial charge >= 0.3 is 0 Å². The van der Waals surface area contributed by atoms with E-state index in [1.165, 1.54) is 0 Å². The van der Waals surface area contributed by atoms with Gasteiger partial charge in [0.15, 0.2) is 0 Å². The van der Waals surface area contributed by atoms with Crippen molar-refractivity contribution in [3.05, 3.63) is 16.1 Å². The molecule has 0 spiro atoms.